The van der Waals surface area contributed by atoms with E-state index in [0.717, 1.165) is 16.0 Å². The summed E-state index contributed by atoms with van der Waals surface area (Å²) in [7, 11) is 0. The Morgan fingerprint density at radius 1 is 1.20 bits per heavy atom. The highest BCUT2D eigenvalue weighted by Crippen LogP contribution is 2.25. The number of aryl methyl sites for hydroxylation is 1. The topological polar surface area (TPSA) is 26.3 Å². The fourth-order valence-electron chi connectivity index (χ4n) is 1.96. The van der Waals surface area contributed by atoms with Crippen LogP contribution in [0.5, 0.6) is 0 Å². The van der Waals surface area contributed by atoms with Crippen LogP contribution in [-0.2, 0) is 9.53 Å². The minimum Gasteiger partial charge on any atom is -0.466 e. The van der Waals surface area contributed by atoms with E-state index in [1.165, 1.54) is 4.88 Å². The number of benzene rings is 1. The van der Waals surface area contributed by atoms with Gasteiger partial charge in [-0.1, -0.05) is 30.3 Å². The lowest BCUT2D eigenvalue weighted by atomic mass is 10.0. The number of hydrogen-bond acceptors (Lipinski definition) is 3. The van der Waals surface area contributed by atoms with Gasteiger partial charge in [-0.15, -0.1) is 11.3 Å². The summed E-state index contributed by atoms with van der Waals surface area (Å²) in [5, 5.41) is 0. The van der Waals surface area contributed by atoms with Gasteiger partial charge in [0, 0.05) is 9.75 Å². The fourth-order valence-corrected chi connectivity index (χ4v) is 2.80. The van der Waals surface area contributed by atoms with Crippen LogP contribution in [0.3, 0.4) is 0 Å². The van der Waals surface area contributed by atoms with E-state index in [2.05, 4.69) is 25.1 Å². The zero-order valence-electron chi connectivity index (χ0n) is 11.8. The fraction of sp³-hybridized carbons (Fsp3) is 0.235. The zero-order valence-corrected chi connectivity index (χ0v) is 12.6. The van der Waals surface area contributed by atoms with Gasteiger partial charge in [0.15, 0.2) is 0 Å². The summed E-state index contributed by atoms with van der Waals surface area (Å²) in [6, 6.07) is 14.1. The molecule has 1 heterocycles. The molecule has 0 fully saturated rings. The smallest absolute Gasteiger partial charge is 0.310 e. The van der Waals surface area contributed by atoms with Crippen LogP contribution in [0.15, 0.2) is 42.5 Å². The molecule has 20 heavy (non-hydrogen) atoms. The van der Waals surface area contributed by atoms with Crippen molar-refractivity contribution in [2.24, 2.45) is 0 Å². The maximum absolute atomic E-state index is 11.8. The summed E-state index contributed by atoms with van der Waals surface area (Å²) in [5.74, 6) is -0.184. The average molecular weight is 286 g/mol. The maximum Gasteiger partial charge on any atom is 0.310 e. The third-order valence-electron chi connectivity index (χ3n) is 2.86. The second kappa shape index (κ2) is 7.06. The van der Waals surface area contributed by atoms with Crippen molar-refractivity contribution in [2.75, 3.05) is 6.61 Å². The number of hydrogen-bond donors (Lipinski definition) is 0. The van der Waals surface area contributed by atoms with Gasteiger partial charge in [0.05, 0.1) is 13.0 Å². The van der Waals surface area contributed by atoms with Crippen molar-refractivity contribution in [3.05, 3.63) is 57.8 Å². The lowest BCUT2D eigenvalue weighted by Crippen LogP contribution is -2.04. The minimum atomic E-state index is -0.184. The molecular formula is C17H18O2S. The van der Waals surface area contributed by atoms with Crippen molar-refractivity contribution < 1.29 is 9.53 Å². The van der Waals surface area contributed by atoms with Gasteiger partial charge in [0.1, 0.15) is 0 Å². The Bertz CT molecular complexity index is 596. The second-order valence-electron chi connectivity index (χ2n) is 4.47. The van der Waals surface area contributed by atoms with Crippen LogP contribution >= 0.6 is 11.3 Å². The Kier molecular flexibility index (Phi) is 5.13. The van der Waals surface area contributed by atoms with Gasteiger partial charge in [-0.25, -0.2) is 0 Å². The number of thiophene rings is 1. The van der Waals surface area contributed by atoms with Gasteiger partial charge in [-0.2, -0.15) is 0 Å². The first kappa shape index (κ1) is 14.5. The molecular weight excluding hydrogens is 268 g/mol. The van der Waals surface area contributed by atoms with E-state index in [1.807, 2.05) is 37.3 Å². The molecule has 0 aliphatic heterocycles. The molecule has 2 rings (SSSR count). The monoisotopic (exact) mass is 286 g/mol. The van der Waals surface area contributed by atoms with Crippen molar-refractivity contribution in [1.82, 2.24) is 0 Å². The van der Waals surface area contributed by atoms with E-state index >= 15 is 0 Å². The van der Waals surface area contributed by atoms with E-state index < -0.39 is 0 Å². The van der Waals surface area contributed by atoms with Crippen LogP contribution < -0.4 is 0 Å². The maximum atomic E-state index is 11.8. The molecule has 104 valence electrons. The first-order chi connectivity index (χ1) is 9.69. The predicted octanol–water partition coefficient (Wildman–Crippen LogP) is 4.55. The molecule has 3 heteroatoms. The molecule has 0 spiro atoms. The number of ether oxygens (including phenoxy) is 1. The van der Waals surface area contributed by atoms with Crippen LogP contribution in [0.2, 0.25) is 0 Å². The number of rotatable bonds is 5. The summed E-state index contributed by atoms with van der Waals surface area (Å²) in [6.45, 7) is 4.32. The standard InChI is InChI=1S/C17H18O2S/c1-3-19-17(18)12-15(14-7-5-4-6-8-14)11-16-10-9-13(2)20-16/h4-11H,3,12H2,1-2H3/b15-11+. The molecule has 0 radical (unpaired) electrons. The number of carbonyl (C=O) groups is 1. The van der Waals surface area contributed by atoms with Gasteiger partial charge in [-0.05, 0) is 43.2 Å². The van der Waals surface area contributed by atoms with E-state index in [0.29, 0.717) is 13.0 Å². The van der Waals surface area contributed by atoms with Gasteiger partial charge in [0.25, 0.3) is 0 Å². The molecule has 0 bridgehead atoms. The van der Waals surface area contributed by atoms with Crippen LogP contribution in [0.4, 0.5) is 0 Å². The average Bonchev–Trinajstić information content (AvgIpc) is 2.85. The first-order valence-electron chi connectivity index (χ1n) is 6.67. The highest BCUT2D eigenvalue weighted by molar-refractivity contribution is 7.12. The molecule has 0 amide bonds. The molecule has 1 aromatic carbocycles. The molecule has 0 saturated carbocycles. The number of carbonyl (C=O) groups excluding carboxylic acids is 1. The van der Waals surface area contributed by atoms with Crippen molar-refractivity contribution in [3.63, 3.8) is 0 Å². The van der Waals surface area contributed by atoms with E-state index in [1.54, 1.807) is 11.3 Å². The first-order valence-corrected chi connectivity index (χ1v) is 7.48. The lowest BCUT2D eigenvalue weighted by molar-refractivity contribution is -0.141. The minimum absolute atomic E-state index is 0.184. The lowest BCUT2D eigenvalue weighted by Gasteiger charge is -2.07. The van der Waals surface area contributed by atoms with Gasteiger partial charge >= 0.3 is 5.97 Å². The predicted molar refractivity (Wildman–Crippen MR) is 84.6 cm³/mol. The Hall–Kier alpha value is -1.87. The van der Waals surface area contributed by atoms with Gasteiger partial charge in [0.2, 0.25) is 0 Å². The Labute approximate surface area is 123 Å². The van der Waals surface area contributed by atoms with Gasteiger partial charge < -0.3 is 4.74 Å². The van der Waals surface area contributed by atoms with Crippen LogP contribution in [0.1, 0.15) is 28.7 Å². The summed E-state index contributed by atoms with van der Waals surface area (Å²) < 4.78 is 5.06. The summed E-state index contributed by atoms with van der Waals surface area (Å²) in [5.41, 5.74) is 2.05. The quantitative estimate of drug-likeness (QED) is 0.754. The van der Waals surface area contributed by atoms with Crippen molar-refractivity contribution in [3.8, 4) is 0 Å². The van der Waals surface area contributed by atoms with Gasteiger partial charge in [-0.3, -0.25) is 4.79 Å². The molecule has 1 aromatic heterocycles. The molecule has 0 N–H and O–H groups in total. The molecule has 0 aliphatic carbocycles. The van der Waals surface area contributed by atoms with Crippen molar-refractivity contribution >= 4 is 29.0 Å². The highest BCUT2D eigenvalue weighted by Gasteiger charge is 2.09. The van der Waals surface area contributed by atoms with Crippen LogP contribution in [0.25, 0.3) is 11.6 Å². The molecule has 2 nitrogen and oxygen atoms in total. The molecule has 0 unspecified atom stereocenters. The van der Waals surface area contributed by atoms with Crippen molar-refractivity contribution in [2.45, 2.75) is 20.3 Å². The molecule has 2 aromatic rings. The summed E-state index contributed by atoms with van der Waals surface area (Å²) in [4.78, 5) is 14.2. The second-order valence-corrected chi connectivity index (χ2v) is 5.79. The Morgan fingerprint density at radius 2 is 1.95 bits per heavy atom. The summed E-state index contributed by atoms with van der Waals surface area (Å²) in [6.07, 6.45) is 2.37. The highest BCUT2D eigenvalue weighted by atomic mass is 32.1. The van der Waals surface area contributed by atoms with Crippen LogP contribution in [-0.4, -0.2) is 12.6 Å². The molecule has 0 atom stereocenters. The third kappa shape index (κ3) is 4.07. The summed E-state index contributed by atoms with van der Waals surface area (Å²) >= 11 is 1.72. The van der Waals surface area contributed by atoms with E-state index in [9.17, 15) is 4.79 Å². The largest absolute Gasteiger partial charge is 0.466 e. The van der Waals surface area contributed by atoms with E-state index in [4.69, 9.17) is 4.74 Å². The molecule has 0 saturated heterocycles. The molecule has 0 aliphatic rings. The Morgan fingerprint density at radius 3 is 2.55 bits per heavy atom. The third-order valence-corrected chi connectivity index (χ3v) is 3.81. The normalized spacial score (nSPS) is 11.4. The Balaban J connectivity index is 2.29. The number of esters is 1. The zero-order chi connectivity index (χ0) is 14.4. The van der Waals surface area contributed by atoms with E-state index in [-0.39, 0.29) is 5.97 Å². The van der Waals surface area contributed by atoms with Crippen LogP contribution in [0, 0.1) is 6.92 Å². The van der Waals surface area contributed by atoms with Crippen molar-refractivity contribution in [1.29, 1.82) is 0 Å². The SMILES string of the molecule is CCOC(=O)C/C(=C\c1ccc(C)s1)c1ccccc1.